The highest BCUT2D eigenvalue weighted by Gasteiger charge is 2.16. The minimum Gasteiger partial charge on any atom is -0.370 e. The van der Waals surface area contributed by atoms with Gasteiger partial charge in [-0.3, -0.25) is 9.59 Å². The molecule has 0 saturated carbocycles. The van der Waals surface area contributed by atoms with Crippen LogP contribution in [0, 0.1) is 5.92 Å². The average Bonchev–Trinajstić information content (AvgIpc) is 2.22. The Hall–Kier alpha value is -1.26. The molecule has 0 aliphatic rings. The Balaban J connectivity index is 2.73. The van der Waals surface area contributed by atoms with Crippen LogP contribution in [0.2, 0.25) is 10.0 Å². The summed E-state index contributed by atoms with van der Waals surface area (Å²) in [5.41, 5.74) is 5.43. The van der Waals surface area contributed by atoms with E-state index in [9.17, 15) is 9.59 Å². The molecule has 1 atom stereocenters. The minimum absolute atomic E-state index is 0.00990. The maximum Gasteiger partial charge on any atom is 0.227 e. The second kappa shape index (κ2) is 5.89. The number of rotatable bonds is 4. The number of primary amides is 1. The molecule has 0 heterocycles. The number of carbonyl (C=O) groups excluding carboxylic acids is 2. The second-order valence-electron chi connectivity index (χ2n) is 3.68. The van der Waals surface area contributed by atoms with Crippen molar-refractivity contribution >= 4 is 40.7 Å². The van der Waals surface area contributed by atoms with Crippen LogP contribution >= 0.6 is 23.2 Å². The summed E-state index contributed by atoms with van der Waals surface area (Å²) in [7, 11) is 0. The van der Waals surface area contributed by atoms with Gasteiger partial charge in [0.25, 0.3) is 0 Å². The van der Waals surface area contributed by atoms with Crippen LogP contribution in [0.5, 0.6) is 0 Å². The first kappa shape index (κ1) is 13.8. The second-order valence-corrected chi connectivity index (χ2v) is 4.53. The SMILES string of the molecule is CC(CC(N)=O)C(=O)Nc1cc(Cl)ccc1Cl. The number of carbonyl (C=O) groups is 2. The molecule has 0 bridgehead atoms. The van der Waals surface area contributed by atoms with Crippen molar-refractivity contribution < 1.29 is 9.59 Å². The summed E-state index contributed by atoms with van der Waals surface area (Å²) in [5.74, 6) is -1.36. The molecule has 0 fully saturated rings. The van der Waals surface area contributed by atoms with Gasteiger partial charge in [-0.05, 0) is 18.2 Å². The highest BCUT2D eigenvalue weighted by atomic mass is 35.5. The number of benzene rings is 1. The maximum absolute atomic E-state index is 11.7. The van der Waals surface area contributed by atoms with Gasteiger partial charge in [0.1, 0.15) is 0 Å². The standard InChI is InChI=1S/C11H12Cl2N2O2/c1-6(4-10(14)16)11(17)15-9-5-7(12)2-3-8(9)13/h2-3,5-6H,4H2,1H3,(H2,14,16)(H,15,17). The molecule has 0 aliphatic heterocycles. The third kappa shape index (κ3) is 4.24. The van der Waals surface area contributed by atoms with E-state index in [1.54, 1.807) is 25.1 Å². The van der Waals surface area contributed by atoms with Gasteiger partial charge < -0.3 is 11.1 Å². The van der Waals surface area contributed by atoms with Crippen molar-refractivity contribution in [3.05, 3.63) is 28.2 Å². The summed E-state index contributed by atoms with van der Waals surface area (Å²) in [4.78, 5) is 22.4. The lowest BCUT2D eigenvalue weighted by molar-refractivity contribution is -0.125. The smallest absolute Gasteiger partial charge is 0.227 e. The van der Waals surface area contributed by atoms with Gasteiger partial charge in [-0.25, -0.2) is 0 Å². The van der Waals surface area contributed by atoms with Gasteiger partial charge in [0, 0.05) is 17.4 Å². The van der Waals surface area contributed by atoms with Crippen LogP contribution in [0.15, 0.2) is 18.2 Å². The number of nitrogens with two attached hydrogens (primary N) is 1. The lowest BCUT2D eigenvalue weighted by atomic mass is 10.1. The van der Waals surface area contributed by atoms with Gasteiger partial charge in [0.2, 0.25) is 11.8 Å². The van der Waals surface area contributed by atoms with E-state index >= 15 is 0 Å². The molecular weight excluding hydrogens is 263 g/mol. The van der Waals surface area contributed by atoms with Crippen LogP contribution in [-0.4, -0.2) is 11.8 Å². The van der Waals surface area contributed by atoms with E-state index in [-0.39, 0.29) is 12.3 Å². The summed E-state index contributed by atoms with van der Waals surface area (Å²) in [6.07, 6.45) is -0.00990. The largest absolute Gasteiger partial charge is 0.370 e. The van der Waals surface area contributed by atoms with E-state index < -0.39 is 11.8 Å². The van der Waals surface area contributed by atoms with Gasteiger partial charge in [-0.2, -0.15) is 0 Å². The maximum atomic E-state index is 11.7. The van der Waals surface area contributed by atoms with Crippen LogP contribution in [0.25, 0.3) is 0 Å². The third-order valence-electron chi connectivity index (χ3n) is 2.14. The van der Waals surface area contributed by atoms with Crippen LogP contribution in [-0.2, 0) is 9.59 Å². The van der Waals surface area contributed by atoms with E-state index in [2.05, 4.69) is 5.32 Å². The van der Waals surface area contributed by atoms with Crippen molar-refractivity contribution in [2.75, 3.05) is 5.32 Å². The topological polar surface area (TPSA) is 72.2 Å². The Morgan fingerprint density at radius 2 is 2.06 bits per heavy atom. The first-order valence-electron chi connectivity index (χ1n) is 4.94. The molecule has 17 heavy (non-hydrogen) atoms. The molecular formula is C11H12Cl2N2O2. The van der Waals surface area contributed by atoms with Gasteiger partial charge in [-0.15, -0.1) is 0 Å². The predicted molar refractivity (Wildman–Crippen MR) is 68.1 cm³/mol. The van der Waals surface area contributed by atoms with E-state index in [4.69, 9.17) is 28.9 Å². The van der Waals surface area contributed by atoms with Crippen molar-refractivity contribution in [2.45, 2.75) is 13.3 Å². The Morgan fingerprint density at radius 1 is 1.41 bits per heavy atom. The molecule has 3 N–H and O–H groups in total. The number of hydrogen-bond acceptors (Lipinski definition) is 2. The summed E-state index contributed by atoms with van der Waals surface area (Å²) in [6.45, 7) is 1.61. The van der Waals surface area contributed by atoms with E-state index in [1.807, 2.05) is 0 Å². The van der Waals surface area contributed by atoms with Crippen LogP contribution in [0.4, 0.5) is 5.69 Å². The summed E-state index contributed by atoms with van der Waals surface area (Å²) < 4.78 is 0. The summed E-state index contributed by atoms with van der Waals surface area (Å²) >= 11 is 11.7. The number of hydrogen-bond donors (Lipinski definition) is 2. The predicted octanol–water partition coefficient (Wildman–Crippen LogP) is 2.44. The van der Waals surface area contributed by atoms with Crippen molar-refractivity contribution in [1.29, 1.82) is 0 Å². The van der Waals surface area contributed by atoms with Gasteiger partial charge in [0.05, 0.1) is 10.7 Å². The molecule has 1 unspecified atom stereocenters. The highest BCUT2D eigenvalue weighted by Crippen LogP contribution is 2.25. The van der Waals surface area contributed by atoms with Crippen LogP contribution in [0.3, 0.4) is 0 Å². The molecule has 1 aromatic carbocycles. The number of anilines is 1. The normalized spacial score (nSPS) is 11.9. The Morgan fingerprint density at radius 3 is 2.65 bits per heavy atom. The van der Waals surface area contributed by atoms with Crippen molar-refractivity contribution in [1.82, 2.24) is 0 Å². The molecule has 6 heteroatoms. The first-order valence-corrected chi connectivity index (χ1v) is 5.70. The van der Waals surface area contributed by atoms with E-state index in [0.29, 0.717) is 15.7 Å². The molecule has 1 aromatic rings. The Labute approximate surface area is 109 Å². The third-order valence-corrected chi connectivity index (χ3v) is 2.71. The lowest BCUT2D eigenvalue weighted by Crippen LogP contribution is -2.25. The minimum atomic E-state index is -0.523. The molecule has 0 aromatic heterocycles. The summed E-state index contributed by atoms with van der Waals surface area (Å²) in [6, 6.07) is 4.74. The van der Waals surface area contributed by atoms with Crippen LogP contribution in [0.1, 0.15) is 13.3 Å². The fraction of sp³-hybridized carbons (Fsp3) is 0.273. The zero-order chi connectivity index (χ0) is 13.0. The Kier molecular flexibility index (Phi) is 4.78. The van der Waals surface area contributed by atoms with Gasteiger partial charge >= 0.3 is 0 Å². The Bertz CT molecular complexity index is 449. The van der Waals surface area contributed by atoms with Gasteiger partial charge in [-0.1, -0.05) is 30.1 Å². The molecule has 0 saturated heterocycles. The number of nitrogens with one attached hydrogen (secondary N) is 1. The molecule has 92 valence electrons. The van der Waals surface area contributed by atoms with Crippen molar-refractivity contribution in [3.8, 4) is 0 Å². The quantitative estimate of drug-likeness (QED) is 0.885. The van der Waals surface area contributed by atoms with Crippen molar-refractivity contribution in [2.24, 2.45) is 11.7 Å². The van der Waals surface area contributed by atoms with Crippen molar-refractivity contribution in [3.63, 3.8) is 0 Å². The number of amides is 2. The zero-order valence-corrected chi connectivity index (χ0v) is 10.7. The fourth-order valence-corrected chi connectivity index (χ4v) is 1.58. The zero-order valence-electron chi connectivity index (χ0n) is 9.17. The summed E-state index contributed by atoms with van der Waals surface area (Å²) in [5, 5.41) is 3.44. The van der Waals surface area contributed by atoms with E-state index in [0.717, 1.165) is 0 Å². The molecule has 0 spiro atoms. The monoisotopic (exact) mass is 274 g/mol. The number of halogens is 2. The lowest BCUT2D eigenvalue weighted by Gasteiger charge is -2.11. The molecule has 4 nitrogen and oxygen atoms in total. The molecule has 1 rings (SSSR count). The fourth-order valence-electron chi connectivity index (χ4n) is 1.24. The first-order chi connectivity index (χ1) is 7.90. The van der Waals surface area contributed by atoms with Crippen LogP contribution < -0.4 is 11.1 Å². The molecule has 2 amide bonds. The highest BCUT2D eigenvalue weighted by molar-refractivity contribution is 6.35. The molecule has 0 radical (unpaired) electrons. The van der Waals surface area contributed by atoms with E-state index in [1.165, 1.54) is 0 Å². The molecule has 0 aliphatic carbocycles. The average molecular weight is 275 g/mol. The van der Waals surface area contributed by atoms with Gasteiger partial charge in [0.15, 0.2) is 0 Å².